The van der Waals surface area contributed by atoms with Gasteiger partial charge < -0.3 is 19.8 Å². The Kier molecular flexibility index (Phi) is 4.47. The molecule has 2 N–H and O–H groups in total. The van der Waals surface area contributed by atoms with Gasteiger partial charge in [-0.3, -0.25) is 4.79 Å². The highest BCUT2D eigenvalue weighted by atomic mass is 16.5. The Labute approximate surface area is 147 Å². The molecule has 3 fully saturated rings. The number of likely N-dealkylation sites (tertiary alicyclic amines) is 1. The van der Waals surface area contributed by atoms with Gasteiger partial charge in [-0.15, -0.1) is 0 Å². The Bertz CT molecular complexity index is 624. The molecule has 1 aromatic rings. The van der Waals surface area contributed by atoms with E-state index in [9.17, 15) is 9.90 Å². The van der Waals surface area contributed by atoms with Crippen molar-refractivity contribution in [2.24, 2.45) is 5.41 Å². The van der Waals surface area contributed by atoms with E-state index in [0.29, 0.717) is 37.6 Å². The molecule has 2 saturated carbocycles. The van der Waals surface area contributed by atoms with Gasteiger partial charge in [0.15, 0.2) is 0 Å². The second kappa shape index (κ2) is 6.63. The quantitative estimate of drug-likeness (QED) is 0.815. The van der Waals surface area contributed by atoms with Crippen LogP contribution in [0.5, 0.6) is 0 Å². The van der Waals surface area contributed by atoms with Crippen molar-refractivity contribution in [2.45, 2.75) is 50.2 Å². The van der Waals surface area contributed by atoms with Crippen LogP contribution in [0, 0.1) is 5.41 Å². The summed E-state index contributed by atoms with van der Waals surface area (Å²) in [7, 11) is 0. The smallest absolute Gasteiger partial charge is 0.256 e. The fraction of sp³-hybridized carbons (Fsp3) is 0.722. The third-order valence-electron chi connectivity index (χ3n) is 6.00. The molecule has 1 aromatic heterocycles. The van der Waals surface area contributed by atoms with Crippen LogP contribution in [0.4, 0.5) is 0 Å². The fourth-order valence-electron chi connectivity index (χ4n) is 4.12. The number of aliphatic hydroxyl groups is 2. The number of amides is 1. The summed E-state index contributed by atoms with van der Waals surface area (Å²) in [6, 6.07) is 0. The van der Waals surface area contributed by atoms with Crippen LogP contribution >= 0.6 is 0 Å². The zero-order chi connectivity index (χ0) is 17.4. The molecule has 1 amide bonds. The highest BCUT2D eigenvalue weighted by Gasteiger charge is 2.56. The van der Waals surface area contributed by atoms with Gasteiger partial charge in [-0.05, 0) is 25.7 Å². The summed E-state index contributed by atoms with van der Waals surface area (Å²) in [5.74, 6) is 1.28. The van der Waals surface area contributed by atoms with Crippen molar-refractivity contribution >= 4 is 5.91 Å². The van der Waals surface area contributed by atoms with Crippen molar-refractivity contribution in [3.63, 3.8) is 0 Å². The van der Waals surface area contributed by atoms with Crippen LogP contribution in [0.25, 0.3) is 0 Å². The maximum atomic E-state index is 12.7. The van der Waals surface area contributed by atoms with E-state index < -0.39 is 0 Å². The van der Waals surface area contributed by atoms with E-state index >= 15 is 0 Å². The number of hydrogen-bond acceptors (Lipinski definition) is 6. The predicted molar refractivity (Wildman–Crippen MR) is 89.0 cm³/mol. The SMILES string of the molecule is O=C(c1cnc(C2CC2)nc1)N1CCC2(CC1)C(O)CC2OCCO. The summed E-state index contributed by atoms with van der Waals surface area (Å²) in [5.41, 5.74) is 0.265. The number of carbonyl (C=O) groups excluding carboxylic acids is 1. The summed E-state index contributed by atoms with van der Waals surface area (Å²) >= 11 is 0. The molecule has 2 unspecified atom stereocenters. The van der Waals surface area contributed by atoms with E-state index in [4.69, 9.17) is 9.84 Å². The van der Waals surface area contributed by atoms with E-state index in [-0.39, 0.29) is 30.1 Å². The number of ether oxygens (including phenoxy) is 1. The first-order chi connectivity index (χ1) is 12.1. The number of carbonyl (C=O) groups is 1. The lowest BCUT2D eigenvalue weighted by atomic mass is 9.58. The van der Waals surface area contributed by atoms with Gasteiger partial charge in [-0.2, -0.15) is 0 Å². The summed E-state index contributed by atoms with van der Waals surface area (Å²) < 4.78 is 5.68. The van der Waals surface area contributed by atoms with E-state index in [1.165, 1.54) is 0 Å². The normalized spacial score (nSPS) is 28.0. The van der Waals surface area contributed by atoms with Crippen molar-refractivity contribution in [1.82, 2.24) is 14.9 Å². The van der Waals surface area contributed by atoms with Gasteiger partial charge >= 0.3 is 0 Å². The Morgan fingerprint density at radius 2 is 1.96 bits per heavy atom. The summed E-state index contributed by atoms with van der Waals surface area (Å²) in [6.07, 6.45) is 7.21. The van der Waals surface area contributed by atoms with Crippen LogP contribution in [0.1, 0.15) is 54.2 Å². The highest BCUT2D eigenvalue weighted by molar-refractivity contribution is 5.93. The van der Waals surface area contributed by atoms with Crippen LogP contribution in [0.2, 0.25) is 0 Å². The Morgan fingerprint density at radius 3 is 2.52 bits per heavy atom. The predicted octanol–water partition coefficient (Wildman–Crippen LogP) is 0.718. The van der Waals surface area contributed by atoms with Crippen molar-refractivity contribution in [3.05, 3.63) is 23.8 Å². The zero-order valence-electron chi connectivity index (χ0n) is 14.3. The zero-order valence-corrected chi connectivity index (χ0v) is 14.3. The van der Waals surface area contributed by atoms with Crippen molar-refractivity contribution in [1.29, 1.82) is 0 Å². The van der Waals surface area contributed by atoms with E-state index in [1.807, 2.05) is 4.90 Å². The largest absolute Gasteiger partial charge is 0.394 e. The van der Waals surface area contributed by atoms with Gasteiger partial charge in [-0.25, -0.2) is 9.97 Å². The first kappa shape index (κ1) is 16.9. The monoisotopic (exact) mass is 347 g/mol. The summed E-state index contributed by atoms with van der Waals surface area (Å²) in [6.45, 7) is 1.48. The highest BCUT2D eigenvalue weighted by Crippen LogP contribution is 2.51. The molecule has 25 heavy (non-hydrogen) atoms. The van der Waals surface area contributed by atoms with E-state index in [2.05, 4.69) is 9.97 Å². The molecule has 0 radical (unpaired) electrons. The first-order valence-corrected chi connectivity index (χ1v) is 9.16. The average Bonchev–Trinajstić information content (AvgIpc) is 3.50. The number of aliphatic hydroxyl groups excluding tert-OH is 2. The lowest BCUT2D eigenvalue weighted by Gasteiger charge is -2.56. The lowest BCUT2D eigenvalue weighted by molar-refractivity contribution is -0.211. The number of piperidine rings is 1. The van der Waals surface area contributed by atoms with Gasteiger partial charge in [0.1, 0.15) is 5.82 Å². The second-order valence-corrected chi connectivity index (χ2v) is 7.46. The topological polar surface area (TPSA) is 95.8 Å². The maximum Gasteiger partial charge on any atom is 0.256 e. The average molecular weight is 347 g/mol. The van der Waals surface area contributed by atoms with Crippen molar-refractivity contribution < 1.29 is 19.7 Å². The molecule has 0 aromatic carbocycles. The summed E-state index contributed by atoms with van der Waals surface area (Å²) in [5, 5.41) is 19.2. The molecule has 1 aliphatic heterocycles. The van der Waals surface area contributed by atoms with Gasteiger partial charge in [-0.1, -0.05) is 0 Å². The van der Waals surface area contributed by atoms with Crippen LogP contribution in [0.15, 0.2) is 12.4 Å². The molecule has 2 heterocycles. The first-order valence-electron chi connectivity index (χ1n) is 9.16. The van der Waals surface area contributed by atoms with Crippen molar-refractivity contribution in [3.8, 4) is 0 Å². The minimum Gasteiger partial charge on any atom is -0.394 e. The number of hydrogen-bond donors (Lipinski definition) is 2. The maximum absolute atomic E-state index is 12.7. The van der Waals surface area contributed by atoms with Gasteiger partial charge in [0, 0.05) is 43.2 Å². The molecule has 7 nitrogen and oxygen atoms in total. The van der Waals surface area contributed by atoms with E-state index in [0.717, 1.165) is 31.5 Å². The Morgan fingerprint density at radius 1 is 1.28 bits per heavy atom. The lowest BCUT2D eigenvalue weighted by Crippen LogP contribution is -2.62. The van der Waals surface area contributed by atoms with Crippen LogP contribution in [0.3, 0.4) is 0 Å². The molecule has 136 valence electrons. The minimum atomic E-state index is -0.380. The molecule has 2 aliphatic carbocycles. The minimum absolute atomic E-state index is 0.00978. The molecule has 3 aliphatic rings. The fourth-order valence-corrected chi connectivity index (χ4v) is 4.12. The molecule has 7 heteroatoms. The number of nitrogens with zero attached hydrogens (tertiary/aromatic N) is 3. The Balaban J connectivity index is 1.36. The Hall–Kier alpha value is -1.57. The van der Waals surface area contributed by atoms with Gasteiger partial charge in [0.2, 0.25) is 0 Å². The molecule has 2 atom stereocenters. The van der Waals surface area contributed by atoms with Gasteiger partial charge in [0.05, 0.1) is 31.0 Å². The standard InChI is InChI=1S/C18H25N3O4/c22-7-8-25-15-9-14(23)18(15)3-5-21(6-4-18)17(24)13-10-19-16(20-11-13)12-1-2-12/h10-12,14-15,22-23H,1-9H2. The van der Waals surface area contributed by atoms with Crippen LogP contribution in [-0.2, 0) is 4.74 Å². The molecular weight excluding hydrogens is 322 g/mol. The van der Waals surface area contributed by atoms with Crippen LogP contribution < -0.4 is 0 Å². The second-order valence-electron chi connectivity index (χ2n) is 7.46. The molecule has 0 bridgehead atoms. The van der Waals surface area contributed by atoms with Crippen LogP contribution in [-0.4, -0.2) is 69.5 Å². The molecule has 1 saturated heterocycles. The van der Waals surface area contributed by atoms with Gasteiger partial charge in [0.25, 0.3) is 5.91 Å². The molecular formula is C18H25N3O4. The number of rotatable bonds is 5. The summed E-state index contributed by atoms with van der Waals surface area (Å²) in [4.78, 5) is 23.1. The third-order valence-corrected chi connectivity index (χ3v) is 6.00. The van der Waals surface area contributed by atoms with Crippen molar-refractivity contribution in [2.75, 3.05) is 26.3 Å². The third kappa shape index (κ3) is 3.05. The number of aromatic nitrogens is 2. The molecule has 1 spiro atoms. The molecule has 4 rings (SSSR count). The van der Waals surface area contributed by atoms with E-state index in [1.54, 1.807) is 12.4 Å².